The number of thiophene rings is 1. The first-order valence-corrected chi connectivity index (χ1v) is 4.97. The van der Waals surface area contributed by atoms with E-state index in [4.69, 9.17) is 5.73 Å². The Labute approximate surface area is 79.0 Å². The molecule has 3 heteroatoms. The van der Waals surface area contributed by atoms with Crippen molar-refractivity contribution in [2.75, 3.05) is 5.73 Å². The molecule has 0 fully saturated rings. The highest BCUT2D eigenvalue weighted by molar-refractivity contribution is 7.18. The van der Waals surface area contributed by atoms with Gasteiger partial charge >= 0.3 is 0 Å². The molecule has 0 saturated heterocycles. The molecular formula is C10H8N2S. The Morgan fingerprint density at radius 1 is 1.23 bits per heavy atom. The van der Waals surface area contributed by atoms with Crippen molar-refractivity contribution in [3.8, 4) is 0 Å². The number of hydrogen-bond donors (Lipinski definition) is 2. The van der Waals surface area contributed by atoms with Crippen LogP contribution in [0.25, 0.3) is 21.0 Å². The van der Waals surface area contributed by atoms with Gasteiger partial charge in [0.1, 0.15) is 0 Å². The molecule has 2 aromatic heterocycles. The maximum atomic E-state index is 5.92. The van der Waals surface area contributed by atoms with Gasteiger partial charge in [-0.1, -0.05) is 0 Å². The molecule has 13 heavy (non-hydrogen) atoms. The van der Waals surface area contributed by atoms with Gasteiger partial charge in [0.25, 0.3) is 0 Å². The van der Waals surface area contributed by atoms with Gasteiger partial charge in [-0.3, -0.25) is 0 Å². The van der Waals surface area contributed by atoms with Gasteiger partial charge in [-0.25, -0.2) is 0 Å². The van der Waals surface area contributed by atoms with Crippen LogP contribution in [0.1, 0.15) is 0 Å². The monoisotopic (exact) mass is 188 g/mol. The normalized spacial score (nSPS) is 11.4. The van der Waals surface area contributed by atoms with Crippen LogP contribution >= 0.6 is 11.3 Å². The summed E-state index contributed by atoms with van der Waals surface area (Å²) in [7, 11) is 0. The summed E-state index contributed by atoms with van der Waals surface area (Å²) in [5, 5.41) is 4.58. The number of nitrogens with one attached hydrogen (secondary N) is 1. The first-order valence-electron chi connectivity index (χ1n) is 4.09. The zero-order valence-electron chi connectivity index (χ0n) is 6.87. The number of fused-ring (bicyclic) bond motifs is 3. The molecule has 0 radical (unpaired) electrons. The van der Waals surface area contributed by atoms with Crippen LogP contribution in [0, 0.1) is 0 Å². The molecule has 0 aliphatic rings. The second-order valence-corrected chi connectivity index (χ2v) is 3.98. The van der Waals surface area contributed by atoms with E-state index in [0.717, 1.165) is 11.2 Å². The fraction of sp³-hybridized carbons (Fsp3) is 0. The molecule has 0 saturated carbocycles. The molecule has 0 bridgehead atoms. The van der Waals surface area contributed by atoms with Crippen LogP contribution in [0.4, 0.5) is 5.69 Å². The average Bonchev–Trinajstić information content (AvgIpc) is 2.66. The first kappa shape index (κ1) is 6.97. The van der Waals surface area contributed by atoms with Crippen molar-refractivity contribution < 1.29 is 0 Å². The lowest BCUT2D eigenvalue weighted by Gasteiger charge is -1.97. The van der Waals surface area contributed by atoms with Crippen molar-refractivity contribution in [3.63, 3.8) is 0 Å². The highest BCUT2D eigenvalue weighted by Gasteiger charge is 2.05. The largest absolute Gasteiger partial charge is 0.398 e. The van der Waals surface area contributed by atoms with E-state index in [1.807, 2.05) is 12.3 Å². The van der Waals surface area contributed by atoms with Gasteiger partial charge in [-0.15, -0.1) is 11.3 Å². The lowest BCUT2D eigenvalue weighted by atomic mass is 10.1. The maximum absolute atomic E-state index is 5.92. The van der Waals surface area contributed by atoms with Crippen LogP contribution in [-0.2, 0) is 0 Å². The lowest BCUT2D eigenvalue weighted by Crippen LogP contribution is -1.84. The molecular weight excluding hydrogens is 180 g/mol. The Morgan fingerprint density at radius 3 is 3.08 bits per heavy atom. The Balaban J connectivity index is 2.70. The van der Waals surface area contributed by atoms with Gasteiger partial charge in [0.15, 0.2) is 0 Å². The summed E-state index contributed by atoms with van der Waals surface area (Å²) < 4.78 is 1.19. The molecule has 0 aliphatic heterocycles. The number of rotatable bonds is 0. The Hall–Kier alpha value is -1.48. The van der Waals surface area contributed by atoms with E-state index < -0.39 is 0 Å². The highest BCUT2D eigenvalue weighted by Crippen LogP contribution is 2.33. The average molecular weight is 188 g/mol. The van der Waals surface area contributed by atoms with Crippen molar-refractivity contribution in [1.82, 2.24) is 4.98 Å². The van der Waals surface area contributed by atoms with Crippen LogP contribution in [-0.4, -0.2) is 4.98 Å². The number of anilines is 1. The fourth-order valence-corrected chi connectivity index (χ4v) is 2.54. The third-order valence-electron chi connectivity index (χ3n) is 2.30. The Bertz CT molecular complexity index is 577. The van der Waals surface area contributed by atoms with Gasteiger partial charge in [0.05, 0.1) is 10.4 Å². The number of benzene rings is 1. The minimum absolute atomic E-state index is 0.861. The van der Waals surface area contributed by atoms with Crippen LogP contribution in [0.3, 0.4) is 0 Å². The predicted octanol–water partition coefficient (Wildman–Crippen LogP) is 2.96. The van der Waals surface area contributed by atoms with Gasteiger partial charge in [0.2, 0.25) is 0 Å². The molecule has 0 atom stereocenters. The summed E-state index contributed by atoms with van der Waals surface area (Å²) in [6, 6.07) is 6.20. The summed E-state index contributed by atoms with van der Waals surface area (Å²) in [5.41, 5.74) is 7.89. The maximum Gasteiger partial charge on any atom is 0.0579 e. The van der Waals surface area contributed by atoms with Gasteiger partial charge in [0, 0.05) is 22.5 Å². The van der Waals surface area contributed by atoms with Crippen LogP contribution in [0.15, 0.2) is 29.8 Å². The topological polar surface area (TPSA) is 41.8 Å². The number of aromatic nitrogens is 1. The van der Waals surface area contributed by atoms with Crippen LogP contribution in [0.5, 0.6) is 0 Å². The Kier molecular flexibility index (Phi) is 1.21. The summed E-state index contributed by atoms with van der Waals surface area (Å²) >= 11 is 1.69. The van der Waals surface area contributed by atoms with Crippen molar-refractivity contribution in [3.05, 3.63) is 29.8 Å². The van der Waals surface area contributed by atoms with Gasteiger partial charge in [-0.2, -0.15) is 0 Å². The van der Waals surface area contributed by atoms with Crippen molar-refractivity contribution in [2.24, 2.45) is 0 Å². The first-order chi connectivity index (χ1) is 6.36. The number of aromatic amines is 1. The van der Waals surface area contributed by atoms with Gasteiger partial charge in [-0.05, 0) is 23.6 Å². The van der Waals surface area contributed by atoms with Crippen LogP contribution in [0.2, 0.25) is 0 Å². The third-order valence-corrected chi connectivity index (χ3v) is 3.26. The minimum atomic E-state index is 0.861. The quantitative estimate of drug-likeness (QED) is 0.523. The summed E-state index contributed by atoms with van der Waals surface area (Å²) in [4.78, 5) is 3.17. The van der Waals surface area contributed by atoms with E-state index in [1.54, 1.807) is 11.3 Å². The van der Waals surface area contributed by atoms with E-state index in [2.05, 4.69) is 22.5 Å². The zero-order chi connectivity index (χ0) is 8.84. The summed E-state index contributed by atoms with van der Waals surface area (Å²) in [6.45, 7) is 0. The molecule has 0 aliphatic carbocycles. The molecule has 64 valence electrons. The van der Waals surface area contributed by atoms with Crippen LogP contribution < -0.4 is 5.73 Å². The van der Waals surface area contributed by atoms with Crippen molar-refractivity contribution >= 4 is 38.0 Å². The molecule has 0 unspecified atom stereocenters. The molecule has 3 N–H and O–H groups in total. The second kappa shape index (κ2) is 2.26. The molecule has 2 nitrogen and oxygen atoms in total. The van der Waals surface area contributed by atoms with E-state index in [9.17, 15) is 0 Å². The molecule has 0 spiro atoms. The van der Waals surface area contributed by atoms with E-state index in [0.29, 0.717) is 0 Å². The molecule has 1 aromatic carbocycles. The number of nitrogens with two attached hydrogens (primary N) is 1. The fourth-order valence-electron chi connectivity index (χ4n) is 1.70. The molecule has 2 heterocycles. The standard InChI is InChI=1S/C10H8N2S/c11-8-5-9-6(1-3-12-9)7-2-4-13-10(7)8/h1-5,12H,11H2. The molecule has 0 amide bonds. The van der Waals surface area contributed by atoms with E-state index in [1.165, 1.54) is 15.5 Å². The van der Waals surface area contributed by atoms with Gasteiger partial charge < -0.3 is 10.7 Å². The molecule has 3 aromatic rings. The SMILES string of the molecule is Nc1cc2[nH]ccc2c2ccsc12. The smallest absolute Gasteiger partial charge is 0.0579 e. The zero-order valence-corrected chi connectivity index (χ0v) is 7.69. The predicted molar refractivity (Wildman–Crippen MR) is 58.1 cm³/mol. The highest BCUT2D eigenvalue weighted by atomic mass is 32.1. The second-order valence-electron chi connectivity index (χ2n) is 3.07. The number of H-pyrrole nitrogens is 1. The van der Waals surface area contributed by atoms with E-state index >= 15 is 0 Å². The third kappa shape index (κ3) is 0.820. The van der Waals surface area contributed by atoms with E-state index in [-0.39, 0.29) is 0 Å². The van der Waals surface area contributed by atoms with Crippen molar-refractivity contribution in [2.45, 2.75) is 0 Å². The van der Waals surface area contributed by atoms with Crippen molar-refractivity contribution in [1.29, 1.82) is 0 Å². The number of hydrogen-bond acceptors (Lipinski definition) is 2. The minimum Gasteiger partial charge on any atom is -0.398 e. The molecule has 3 rings (SSSR count). The summed E-state index contributed by atoms with van der Waals surface area (Å²) in [5.74, 6) is 0. The summed E-state index contributed by atoms with van der Waals surface area (Å²) in [6.07, 6.45) is 1.95. The lowest BCUT2D eigenvalue weighted by molar-refractivity contribution is 1.48. The number of nitrogen functional groups attached to an aromatic ring is 1. The Morgan fingerprint density at radius 2 is 2.15 bits per heavy atom.